The molecule has 0 aliphatic rings. The van der Waals surface area contributed by atoms with Crippen LogP contribution in [0.4, 0.5) is 19.0 Å². The first-order valence-corrected chi connectivity index (χ1v) is 12.1. The Kier molecular flexibility index (Phi) is 8.27. The SMILES string of the molecule is N=C(N)Nc1ncc(Cl)c2ccc(S(=O)(=O)N(CC(=O)OC(=O)C(F)(F)F)Cc3cccc(Cl)c3)cc12. The van der Waals surface area contributed by atoms with Crippen molar-refractivity contribution < 1.29 is 35.9 Å². The van der Waals surface area contributed by atoms with Crippen LogP contribution in [0.1, 0.15) is 5.56 Å². The van der Waals surface area contributed by atoms with Crippen molar-refractivity contribution in [1.82, 2.24) is 9.29 Å². The smallest absolute Gasteiger partial charge is 0.385 e. The Morgan fingerprint density at radius 1 is 1.14 bits per heavy atom. The third-order valence-electron chi connectivity index (χ3n) is 4.69. The summed E-state index contributed by atoms with van der Waals surface area (Å²) < 4.78 is 68.9. The summed E-state index contributed by atoms with van der Waals surface area (Å²) in [5.41, 5.74) is 5.64. The molecule has 0 aliphatic carbocycles. The third kappa shape index (κ3) is 6.85. The fourth-order valence-corrected chi connectivity index (χ4v) is 4.95. The van der Waals surface area contributed by atoms with E-state index >= 15 is 0 Å². The van der Waals surface area contributed by atoms with E-state index in [0.717, 1.165) is 12.1 Å². The van der Waals surface area contributed by atoms with E-state index < -0.39 is 52.1 Å². The van der Waals surface area contributed by atoms with E-state index in [1.54, 1.807) is 0 Å². The second kappa shape index (κ2) is 10.9. The number of anilines is 1. The van der Waals surface area contributed by atoms with Gasteiger partial charge >= 0.3 is 18.1 Å². The van der Waals surface area contributed by atoms with Crippen molar-refractivity contribution in [1.29, 1.82) is 5.41 Å². The number of alkyl halides is 3. The van der Waals surface area contributed by atoms with Crippen molar-refractivity contribution in [2.45, 2.75) is 17.6 Å². The van der Waals surface area contributed by atoms with Crippen LogP contribution in [0.25, 0.3) is 10.8 Å². The molecule has 4 N–H and O–H groups in total. The number of fused-ring (bicyclic) bond motifs is 1. The van der Waals surface area contributed by atoms with Gasteiger partial charge in [0.1, 0.15) is 12.4 Å². The molecule has 1 heterocycles. The average Bonchev–Trinajstić information content (AvgIpc) is 2.79. The van der Waals surface area contributed by atoms with E-state index in [4.69, 9.17) is 34.3 Å². The first kappa shape index (κ1) is 28.1. The number of nitrogens with two attached hydrogens (primary N) is 1. The number of carbonyl (C=O) groups is 2. The van der Waals surface area contributed by atoms with Crippen molar-refractivity contribution in [3.05, 3.63) is 64.3 Å². The number of nitrogens with zero attached hydrogens (tertiary/aromatic N) is 2. The Morgan fingerprint density at radius 3 is 2.46 bits per heavy atom. The highest BCUT2D eigenvalue weighted by molar-refractivity contribution is 7.89. The Hall–Kier alpha value is -3.46. The summed E-state index contributed by atoms with van der Waals surface area (Å²) in [6, 6.07) is 9.47. The number of rotatable bonds is 7. The Bertz CT molecular complexity index is 1500. The topological polar surface area (TPSA) is 156 Å². The lowest BCUT2D eigenvalue weighted by atomic mass is 10.1. The number of guanidine groups is 1. The van der Waals surface area contributed by atoms with Crippen molar-refractivity contribution in [3.8, 4) is 0 Å². The van der Waals surface area contributed by atoms with Crippen LogP contribution in [-0.4, -0.2) is 48.3 Å². The number of carbonyl (C=O) groups excluding carboxylic acids is 2. The number of ether oxygens (including phenoxy) is 1. The minimum Gasteiger partial charge on any atom is -0.385 e. The molecule has 196 valence electrons. The molecule has 0 radical (unpaired) electrons. The maximum absolute atomic E-state index is 13.5. The van der Waals surface area contributed by atoms with Gasteiger partial charge in [0.05, 0.1) is 9.92 Å². The van der Waals surface area contributed by atoms with Crippen LogP contribution >= 0.6 is 23.2 Å². The second-order valence-electron chi connectivity index (χ2n) is 7.36. The summed E-state index contributed by atoms with van der Waals surface area (Å²) in [4.78, 5) is 26.8. The van der Waals surface area contributed by atoms with Crippen molar-refractivity contribution >= 4 is 67.7 Å². The van der Waals surface area contributed by atoms with Gasteiger partial charge in [0.15, 0.2) is 5.96 Å². The largest absolute Gasteiger partial charge is 0.491 e. The van der Waals surface area contributed by atoms with Crippen LogP contribution in [0.15, 0.2) is 53.6 Å². The lowest BCUT2D eigenvalue weighted by Gasteiger charge is -2.22. The summed E-state index contributed by atoms with van der Waals surface area (Å²) in [5.74, 6) is -5.04. The standard InChI is InChI=1S/C21H16Cl2F3N5O5S/c22-12-3-1-2-11(6-12)9-31(10-17(32)36-19(33)21(24,25)26)37(34,35)13-4-5-14-15(7-13)18(30-20(27)28)29-8-16(14)23/h1-8H,9-10H2,(H4,27,28,29,30). The maximum Gasteiger partial charge on any atom is 0.491 e. The Morgan fingerprint density at radius 2 is 1.84 bits per heavy atom. The van der Waals surface area contributed by atoms with Crippen LogP contribution in [0.5, 0.6) is 0 Å². The third-order valence-corrected chi connectivity index (χ3v) is 7.02. The number of nitrogens with one attached hydrogen (secondary N) is 2. The molecule has 3 aromatic rings. The average molecular weight is 578 g/mol. The van der Waals surface area contributed by atoms with Crippen LogP contribution < -0.4 is 11.1 Å². The Balaban J connectivity index is 2.06. The zero-order chi connectivity index (χ0) is 27.5. The molecule has 0 fully saturated rings. The van der Waals surface area contributed by atoms with Crippen LogP contribution in [0.3, 0.4) is 0 Å². The molecule has 37 heavy (non-hydrogen) atoms. The van der Waals surface area contributed by atoms with Gasteiger partial charge in [-0.25, -0.2) is 18.2 Å². The highest BCUT2D eigenvalue weighted by Crippen LogP contribution is 2.31. The number of esters is 2. The summed E-state index contributed by atoms with van der Waals surface area (Å²) in [5, 5.41) is 10.7. The number of aromatic nitrogens is 1. The summed E-state index contributed by atoms with van der Waals surface area (Å²) >= 11 is 12.1. The fraction of sp³-hybridized carbons (Fsp3) is 0.143. The molecule has 0 bridgehead atoms. The lowest BCUT2D eigenvalue weighted by molar-refractivity contribution is -0.201. The zero-order valence-corrected chi connectivity index (χ0v) is 20.7. The minimum atomic E-state index is -5.46. The van der Waals surface area contributed by atoms with E-state index in [0.29, 0.717) is 9.69 Å². The number of pyridine rings is 1. The molecule has 0 atom stereocenters. The molecule has 1 aromatic heterocycles. The van der Waals surface area contributed by atoms with E-state index in [-0.39, 0.29) is 26.8 Å². The molecule has 10 nitrogen and oxygen atoms in total. The molecule has 0 unspecified atom stereocenters. The van der Waals surface area contributed by atoms with E-state index in [1.165, 1.54) is 36.5 Å². The van der Waals surface area contributed by atoms with Gasteiger partial charge in [-0.2, -0.15) is 17.5 Å². The maximum atomic E-state index is 13.5. The number of hydrogen-bond donors (Lipinski definition) is 3. The molecular formula is C21H16Cl2F3N5O5S. The first-order chi connectivity index (χ1) is 17.2. The molecule has 0 amide bonds. The zero-order valence-electron chi connectivity index (χ0n) is 18.3. The van der Waals surface area contributed by atoms with Crippen LogP contribution in [0.2, 0.25) is 10.0 Å². The summed E-state index contributed by atoms with van der Waals surface area (Å²) in [6.45, 7) is -1.75. The Labute approximate surface area is 217 Å². The molecule has 0 saturated heterocycles. The number of hydrogen-bond acceptors (Lipinski definition) is 7. The summed E-state index contributed by atoms with van der Waals surface area (Å²) in [7, 11) is -4.61. The highest BCUT2D eigenvalue weighted by Gasteiger charge is 2.43. The van der Waals surface area contributed by atoms with Gasteiger partial charge in [0.2, 0.25) is 10.0 Å². The molecule has 16 heteroatoms. The van der Waals surface area contributed by atoms with Crippen LogP contribution in [-0.2, 0) is 30.9 Å². The van der Waals surface area contributed by atoms with Gasteiger partial charge in [0, 0.05) is 28.5 Å². The van der Waals surface area contributed by atoms with E-state index in [1.807, 2.05) is 0 Å². The predicted molar refractivity (Wildman–Crippen MR) is 128 cm³/mol. The lowest BCUT2D eigenvalue weighted by Crippen LogP contribution is -2.38. The van der Waals surface area contributed by atoms with Gasteiger partial charge in [-0.05, 0) is 29.8 Å². The first-order valence-electron chi connectivity index (χ1n) is 9.94. The highest BCUT2D eigenvalue weighted by atomic mass is 35.5. The second-order valence-corrected chi connectivity index (χ2v) is 10.1. The van der Waals surface area contributed by atoms with E-state index in [2.05, 4.69) is 15.0 Å². The van der Waals surface area contributed by atoms with Crippen molar-refractivity contribution in [2.75, 3.05) is 11.9 Å². The van der Waals surface area contributed by atoms with Gasteiger partial charge in [0.25, 0.3) is 0 Å². The molecule has 0 spiro atoms. The molecule has 3 rings (SSSR count). The molecular weight excluding hydrogens is 562 g/mol. The fourth-order valence-electron chi connectivity index (χ4n) is 3.13. The predicted octanol–water partition coefficient (Wildman–Crippen LogP) is 3.67. The van der Waals surface area contributed by atoms with Gasteiger partial charge < -0.3 is 15.8 Å². The quantitative estimate of drug-likeness (QED) is 0.166. The minimum absolute atomic E-state index is 0.000486. The van der Waals surface area contributed by atoms with Gasteiger partial charge in [-0.15, -0.1) is 0 Å². The van der Waals surface area contributed by atoms with Crippen molar-refractivity contribution in [2.24, 2.45) is 5.73 Å². The van der Waals surface area contributed by atoms with Gasteiger partial charge in [-0.3, -0.25) is 10.2 Å². The number of halogens is 5. The normalized spacial score (nSPS) is 11.9. The summed E-state index contributed by atoms with van der Waals surface area (Å²) in [6.07, 6.45) is -4.21. The molecule has 0 saturated carbocycles. The monoisotopic (exact) mass is 577 g/mol. The van der Waals surface area contributed by atoms with Crippen molar-refractivity contribution in [3.63, 3.8) is 0 Å². The molecule has 0 aliphatic heterocycles. The van der Waals surface area contributed by atoms with Crippen LogP contribution in [0, 0.1) is 5.41 Å². The molecule has 2 aromatic carbocycles. The number of sulfonamides is 1. The van der Waals surface area contributed by atoms with Gasteiger partial charge in [-0.1, -0.05) is 41.4 Å². The number of benzene rings is 2. The van der Waals surface area contributed by atoms with E-state index in [9.17, 15) is 31.2 Å².